The lowest BCUT2D eigenvalue weighted by Gasteiger charge is -2.46. The maximum absolute atomic E-state index is 13.6. The summed E-state index contributed by atoms with van der Waals surface area (Å²) in [4.78, 5) is 13.6. The highest BCUT2D eigenvalue weighted by atomic mass is 35.5. The van der Waals surface area contributed by atoms with Gasteiger partial charge in [0.2, 0.25) is 5.43 Å². The van der Waals surface area contributed by atoms with Gasteiger partial charge in [0.05, 0.1) is 28.9 Å². The van der Waals surface area contributed by atoms with E-state index in [1.165, 1.54) is 0 Å². The normalized spacial score (nSPS) is 20.2. The molecule has 0 spiro atoms. The molecule has 0 bridgehead atoms. The van der Waals surface area contributed by atoms with Gasteiger partial charge in [-0.15, -0.1) is 0 Å². The Morgan fingerprint density at radius 3 is 2.53 bits per heavy atom. The Morgan fingerprint density at radius 2 is 1.71 bits per heavy atom. The molecule has 170 valence electrons. The first-order chi connectivity index (χ1) is 16.4. The van der Waals surface area contributed by atoms with Crippen LogP contribution >= 0.6 is 11.6 Å². The monoisotopic (exact) mass is 472 g/mol. The van der Waals surface area contributed by atoms with Crippen molar-refractivity contribution < 1.29 is 13.9 Å². The van der Waals surface area contributed by atoms with Crippen LogP contribution in [0.5, 0.6) is 11.7 Å². The summed E-state index contributed by atoms with van der Waals surface area (Å²) in [5, 5.41) is 9.91. The van der Waals surface area contributed by atoms with Crippen LogP contribution in [0.25, 0.3) is 11.0 Å². The zero-order valence-electron chi connectivity index (χ0n) is 18.6. The van der Waals surface area contributed by atoms with Gasteiger partial charge in [0.25, 0.3) is 5.95 Å². The van der Waals surface area contributed by atoms with E-state index in [9.17, 15) is 4.79 Å². The van der Waals surface area contributed by atoms with Crippen LogP contribution in [0.1, 0.15) is 30.9 Å². The van der Waals surface area contributed by atoms with Gasteiger partial charge in [-0.1, -0.05) is 23.7 Å². The van der Waals surface area contributed by atoms with E-state index in [0.717, 1.165) is 11.3 Å². The van der Waals surface area contributed by atoms with E-state index in [-0.39, 0.29) is 23.2 Å². The summed E-state index contributed by atoms with van der Waals surface area (Å²) in [5.41, 5.74) is 2.59. The second-order valence-corrected chi connectivity index (χ2v) is 9.56. The van der Waals surface area contributed by atoms with Gasteiger partial charge in [-0.25, -0.2) is 0 Å². The lowest BCUT2D eigenvalue weighted by atomic mass is 9.70. The predicted molar refractivity (Wildman–Crippen MR) is 130 cm³/mol. The first-order valence-electron chi connectivity index (χ1n) is 11.1. The molecule has 3 aromatic carbocycles. The molecular weight excluding hydrogens is 452 g/mol. The van der Waals surface area contributed by atoms with Crippen LogP contribution < -0.4 is 14.9 Å². The van der Waals surface area contributed by atoms with E-state index < -0.39 is 5.60 Å². The summed E-state index contributed by atoms with van der Waals surface area (Å²) < 4.78 is 18.4. The second kappa shape index (κ2) is 7.71. The Bertz CT molecular complexity index is 1510. The lowest BCUT2D eigenvalue weighted by Crippen LogP contribution is -2.50. The maximum Gasteiger partial charge on any atom is 0.293 e. The van der Waals surface area contributed by atoms with Crippen LogP contribution in [-0.2, 0) is 0 Å². The van der Waals surface area contributed by atoms with E-state index in [1.54, 1.807) is 36.4 Å². The molecule has 0 fully saturated rings. The molecule has 2 atom stereocenters. The Hall–Kier alpha value is -3.64. The van der Waals surface area contributed by atoms with Crippen molar-refractivity contribution in [2.24, 2.45) is 16.1 Å². The summed E-state index contributed by atoms with van der Waals surface area (Å²) in [6.07, 6.45) is 0. The number of azo groups is 1. The Labute approximate surface area is 200 Å². The molecule has 34 heavy (non-hydrogen) atoms. The van der Waals surface area contributed by atoms with Crippen molar-refractivity contribution in [1.82, 2.24) is 0 Å². The molecule has 0 saturated carbocycles. The fourth-order valence-electron chi connectivity index (χ4n) is 4.84. The minimum absolute atomic E-state index is 0.0802. The van der Waals surface area contributed by atoms with Crippen LogP contribution in [0, 0.1) is 5.92 Å². The Kier molecular flexibility index (Phi) is 4.74. The number of ether oxygens (including phenoxy) is 2. The minimum Gasteiger partial charge on any atom is -0.493 e. The molecule has 7 heteroatoms. The highest BCUT2D eigenvalue weighted by Crippen LogP contribution is 2.52. The van der Waals surface area contributed by atoms with Crippen molar-refractivity contribution in [2.75, 3.05) is 6.61 Å². The Balaban J connectivity index is 1.50. The number of benzene rings is 3. The summed E-state index contributed by atoms with van der Waals surface area (Å²) in [5.74, 6) is 0.660. The summed E-state index contributed by atoms with van der Waals surface area (Å²) in [7, 11) is 0. The Morgan fingerprint density at radius 1 is 0.971 bits per heavy atom. The minimum atomic E-state index is -0.603. The molecule has 2 aliphatic rings. The number of rotatable bonds is 2. The molecule has 2 aliphatic heterocycles. The SMILES string of the molecule is CC1(C)Oc2oc3ccccc3c(=O)c2[C@H]2c3cc(N=Nc4ccc(Cl)cc4)ccc3OC[C@H]21. The third kappa shape index (κ3) is 3.37. The molecule has 6 rings (SSSR count). The average molecular weight is 473 g/mol. The van der Waals surface area contributed by atoms with Gasteiger partial charge < -0.3 is 13.9 Å². The topological polar surface area (TPSA) is 73.4 Å². The highest BCUT2D eigenvalue weighted by Gasteiger charge is 2.50. The maximum atomic E-state index is 13.6. The van der Waals surface area contributed by atoms with Crippen molar-refractivity contribution in [2.45, 2.75) is 25.4 Å². The highest BCUT2D eigenvalue weighted by molar-refractivity contribution is 6.30. The number of para-hydroxylation sites is 1. The van der Waals surface area contributed by atoms with Crippen molar-refractivity contribution in [3.8, 4) is 11.7 Å². The molecular formula is C27H21ClN2O4. The van der Waals surface area contributed by atoms with Crippen molar-refractivity contribution in [3.05, 3.63) is 93.1 Å². The number of hydrogen-bond donors (Lipinski definition) is 0. The summed E-state index contributed by atoms with van der Waals surface area (Å²) >= 11 is 5.96. The lowest BCUT2D eigenvalue weighted by molar-refractivity contribution is -0.0318. The summed E-state index contributed by atoms with van der Waals surface area (Å²) in [6, 6.07) is 20.1. The number of nitrogens with zero attached hydrogens (tertiary/aromatic N) is 2. The van der Waals surface area contributed by atoms with Gasteiger partial charge in [-0.2, -0.15) is 10.2 Å². The fraction of sp³-hybridized carbons (Fsp3) is 0.222. The third-order valence-electron chi connectivity index (χ3n) is 6.62. The van der Waals surface area contributed by atoms with Gasteiger partial charge in [0.15, 0.2) is 0 Å². The van der Waals surface area contributed by atoms with E-state index in [1.807, 2.05) is 44.2 Å². The first kappa shape index (κ1) is 20.9. The predicted octanol–water partition coefficient (Wildman–Crippen LogP) is 7.17. The van der Waals surface area contributed by atoms with Gasteiger partial charge >= 0.3 is 0 Å². The molecule has 6 nitrogen and oxygen atoms in total. The molecule has 3 heterocycles. The molecule has 0 radical (unpaired) electrons. The number of halogens is 1. The number of hydrogen-bond acceptors (Lipinski definition) is 6. The molecule has 0 aliphatic carbocycles. The standard InChI is InChI=1S/C27H21ClN2O4/c1-27(2)20-14-32-21-12-11-17(30-29-16-9-7-15(28)8-10-16)13-19(21)23(20)24-25(31)18-5-3-4-6-22(18)33-26(24)34-27/h3-13,20,23H,14H2,1-2H3/t20-,23+/m1/s1. The molecule has 0 amide bonds. The van der Waals surface area contributed by atoms with E-state index >= 15 is 0 Å². The van der Waals surface area contributed by atoms with Crippen LogP contribution in [0.15, 0.2) is 86.2 Å². The molecule has 0 saturated heterocycles. The average Bonchev–Trinajstić information content (AvgIpc) is 2.83. The zero-order chi connectivity index (χ0) is 23.4. The van der Waals surface area contributed by atoms with Gasteiger partial charge in [-0.3, -0.25) is 4.79 Å². The smallest absolute Gasteiger partial charge is 0.293 e. The van der Waals surface area contributed by atoms with Gasteiger partial charge in [-0.05, 0) is 68.4 Å². The zero-order valence-corrected chi connectivity index (χ0v) is 19.4. The third-order valence-corrected chi connectivity index (χ3v) is 6.87. The summed E-state index contributed by atoms with van der Waals surface area (Å²) in [6.45, 7) is 4.44. The van der Waals surface area contributed by atoms with E-state index in [0.29, 0.717) is 39.5 Å². The van der Waals surface area contributed by atoms with Crippen molar-refractivity contribution in [3.63, 3.8) is 0 Å². The number of fused-ring (bicyclic) bond motifs is 6. The van der Waals surface area contributed by atoms with Gasteiger partial charge in [0.1, 0.15) is 16.9 Å². The molecule has 0 unspecified atom stereocenters. The van der Waals surface area contributed by atoms with Crippen LogP contribution in [0.4, 0.5) is 11.4 Å². The van der Waals surface area contributed by atoms with E-state index in [4.69, 9.17) is 25.5 Å². The van der Waals surface area contributed by atoms with Crippen LogP contribution in [-0.4, -0.2) is 12.2 Å². The quantitative estimate of drug-likeness (QED) is 0.290. The molecule has 1 aromatic heterocycles. The largest absolute Gasteiger partial charge is 0.493 e. The second-order valence-electron chi connectivity index (χ2n) is 9.13. The first-order valence-corrected chi connectivity index (χ1v) is 11.5. The van der Waals surface area contributed by atoms with Gasteiger partial charge in [0, 0.05) is 22.4 Å². The fourth-order valence-corrected chi connectivity index (χ4v) is 4.97. The van der Waals surface area contributed by atoms with Crippen LogP contribution in [0.2, 0.25) is 5.02 Å². The van der Waals surface area contributed by atoms with Crippen molar-refractivity contribution >= 4 is 33.9 Å². The van der Waals surface area contributed by atoms with E-state index in [2.05, 4.69) is 10.2 Å². The molecule has 0 N–H and O–H groups in total. The van der Waals surface area contributed by atoms with Crippen LogP contribution in [0.3, 0.4) is 0 Å². The van der Waals surface area contributed by atoms with Crippen molar-refractivity contribution in [1.29, 1.82) is 0 Å². The molecule has 4 aromatic rings.